The van der Waals surface area contributed by atoms with Gasteiger partial charge in [-0.05, 0) is 35.9 Å². The van der Waals surface area contributed by atoms with Crippen LogP contribution in [0.15, 0.2) is 48.5 Å². The molecule has 0 atom stereocenters. The summed E-state index contributed by atoms with van der Waals surface area (Å²) in [7, 11) is 2.65. The minimum Gasteiger partial charge on any atom is -0.465 e. The molecule has 0 bridgehead atoms. The molecule has 126 valence electrons. The number of para-hydroxylation sites is 1. The molecule has 2 rings (SSSR count). The van der Waals surface area contributed by atoms with Crippen LogP contribution in [0.4, 0.5) is 10.5 Å². The van der Waals surface area contributed by atoms with Gasteiger partial charge in [0.2, 0.25) is 0 Å². The van der Waals surface area contributed by atoms with E-state index in [1.807, 2.05) is 6.07 Å². The summed E-state index contributed by atoms with van der Waals surface area (Å²) in [6, 6.07) is 13.3. The zero-order valence-electron chi connectivity index (χ0n) is 13.3. The zero-order chi connectivity index (χ0) is 17.4. The molecule has 0 aliphatic rings. The van der Waals surface area contributed by atoms with Gasteiger partial charge < -0.3 is 9.47 Å². The fraction of sp³-hybridized carbons (Fsp3) is 0.176. The highest BCUT2D eigenvalue weighted by molar-refractivity contribution is 5.93. The van der Waals surface area contributed by atoms with Crippen molar-refractivity contribution in [1.29, 1.82) is 0 Å². The third-order valence-corrected chi connectivity index (χ3v) is 2.96. The quantitative estimate of drug-likeness (QED) is 0.497. The number of rotatable bonds is 6. The van der Waals surface area contributed by atoms with Gasteiger partial charge in [-0.3, -0.25) is 5.32 Å². The molecule has 7 nitrogen and oxygen atoms in total. The predicted molar refractivity (Wildman–Crippen MR) is 85.7 cm³/mol. The van der Waals surface area contributed by atoms with Gasteiger partial charge in [0.25, 0.3) is 0 Å². The molecular formula is C17H17NO6. The normalized spacial score (nSPS) is 10.1. The average Bonchev–Trinajstić information content (AvgIpc) is 2.59. The van der Waals surface area contributed by atoms with Crippen molar-refractivity contribution in [3.05, 3.63) is 59.7 Å². The molecule has 0 fully saturated rings. The Morgan fingerprint density at radius 2 is 1.79 bits per heavy atom. The summed E-state index contributed by atoms with van der Waals surface area (Å²) in [6.07, 6.45) is -0.679. The smallest absolute Gasteiger partial charge is 0.417 e. The number of hydrogen-bond acceptors (Lipinski definition) is 6. The lowest BCUT2D eigenvalue weighted by molar-refractivity contribution is -0.282. The van der Waals surface area contributed by atoms with E-state index in [1.54, 1.807) is 36.4 Å². The van der Waals surface area contributed by atoms with Crippen LogP contribution in [0.1, 0.15) is 15.9 Å². The lowest BCUT2D eigenvalue weighted by atomic mass is 10.1. The predicted octanol–water partition coefficient (Wildman–Crippen LogP) is 3.16. The van der Waals surface area contributed by atoms with Crippen LogP contribution < -0.4 is 10.1 Å². The molecule has 0 saturated carbocycles. The Hall–Kier alpha value is -2.90. The van der Waals surface area contributed by atoms with Crippen LogP contribution in [-0.4, -0.2) is 26.3 Å². The third kappa shape index (κ3) is 5.08. The number of hydrogen-bond donors (Lipinski definition) is 1. The highest BCUT2D eigenvalue weighted by Gasteiger charge is 2.12. The number of methoxy groups -OCH3 is 1. The van der Waals surface area contributed by atoms with Crippen molar-refractivity contribution in [2.45, 2.75) is 6.61 Å². The first-order valence-electron chi connectivity index (χ1n) is 7.04. The molecule has 0 unspecified atom stereocenters. The summed E-state index contributed by atoms with van der Waals surface area (Å²) in [5, 5.41) is 2.56. The maximum atomic E-state index is 12.0. The number of carbonyl (C=O) groups excluding carboxylic acids is 2. The highest BCUT2D eigenvalue weighted by Crippen LogP contribution is 2.18. The van der Waals surface area contributed by atoms with Gasteiger partial charge in [0.1, 0.15) is 12.4 Å². The SMILES string of the molecule is COOCc1cc(NC(=O)Oc2ccccc2)cc(C(=O)OC)c1. The Balaban J connectivity index is 2.15. The molecule has 1 N–H and O–H groups in total. The molecule has 24 heavy (non-hydrogen) atoms. The summed E-state index contributed by atoms with van der Waals surface area (Å²) >= 11 is 0. The minimum atomic E-state index is -0.679. The number of benzene rings is 2. The van der Waals surface area contributed by atoms with Crippen molar-refractivity contribution in [2.24, 2.45) is 0 Å². The topological polar surface area (TPSA) is 83.1 Å². The van der Waals surface area contributed by atoms with Gasteiger partial charge in [-0.2, -0.15) is 0 Å². The second kappa shape index (κ2) is 8.66. The molecule has 0 aliphatic carbocycles. The van der Waals surface area contributed by atoms with Crippen LogP contribution >= 0.6 is 0 Å². The summed E-state index contributed by atoms with van der Waals surface area (Å²) < 4.78 is 9.84. The Morgan fingerprint density at radius 1 is 1.04 bits per heavy atom. The maximum Gasteiger partial charge on any atom is 0.417 e. The molecule has 7 heteroatoms. The van der Waals surface area contributed by atoms with Crippen molar-refractivity contribution in [3.63, 3.8) is 0 Å². The molecule has 0 heterocycles. The van der Waals surface area contributed by atoms with Gasteiger partial charge in [-0.1, -0.05) is 18.2 Å². The molecule has 2 aromatic carbocycles. The molecule has 0 aliphatic heterocycles. The van der Waals surface area contributed by atoms with E-state index >= 15 is 0 Å². The Bertz CT molecular complexity index is 701. The van der Waals surface area contributed by atoms with E-state index in [4.69, 9.17) is 14.4 Å². The lowest BCUT2D eigenvalue weighted by Gasteiger charge is -2.10. The highest BCUT2D eigenvalue weighted by atomic mass is 17.2. The first-order valence-corrected chi connectivity index (χ1v) is 7.04. The van der Waals surface area contributed by atoms with E-state index in [1.165, 1.54) is 20.3 Å². The second-order valence-corrected chi connectivity index (χ2v) is 4.67. The van der Waals surface area contributed by atoms with Gasteiger partial charge in [0.15, 0.2) is 0 Å². The van der Waals surface area contributed by atoms with E-state index in [2.05, 4.69) is 10.2 Å². The first-order chi connectivity index (χ1) is 11.6. The largest absolute Gasteiger partial charge is 0.465 e. The number of amides is 1. The molecule has 0 aromatic heterocycles. The summed E-state index contributed by atoms with van der Waals surface area (Å²) in [4.78, 5) is 33.1. The van der Waals surface area contributed by atoms with E-state index < -0.39 is 12.1 Å². The fourth-order valence-corrected chi connectivity index (χ4v) is 1.95. The molecular weight excluding hydrogens is 314 g/mol. The summed E-state index contributed by atoms with van der Waals surface area (Å²) in [5.41, 5.74) is 1.26. The lowest BCUT2D eigenvalue weighted by Crippen LogP contribution is -2.17. The summed E-state index contributed by atoms with van der Waals surface area (Å²) in [6.45, 7) is 0.101. The average molecular weight is 331 g/mol. The second-order valence-electron chi connectivity index (χ2n) is 4.67. The van der Waals surface area contributed by atoms with E-state index in [-0.39, 0.29) is 12.2 Å². The molecule has 0 radical (unpaired) electrons. The Labute approximate surface area is 139 Å². The molecule has 0 spiro atoms. The number of esters is 1. The molecule has 1 amide bonds. The van der Waals surface area contributed by atoms with Crippen molar-refractivity contribution in [1.82, 2.24) is 0 Å². The van der Waals surface area contributed by atoms with Gasteiger partial charge >= 0.3 is 12.1 Å². The third-order valence-electron chi connectivity index (χ3n) is 2.96. The van der Waals surface area contributed by atoms with Gasteiger partial charge in [0, 0.05) is 5.69 Å². The first kappa shape index (κ1) is 17.5. The zero-order valence-corrected chi connectivity index (χ0v) is 13.3. The summed E-state index contributed by atoms with van der Waals surface area (Å²) in [5.74, 6) is -0.129. The van der Waals surface area contributed by atoms with Crippen LogP contribution in [0.3, 0.4) is 0 Å². The number of carbonyl (C=O) groups is 2. The number of nitrogens with one attached hydrogen (secondary N) is 1. The van der Waals surface area contributed by atoms with Crippen molar-refractivity contribution < 1.29 is 28.8 Å². The Morgan fingerprint density at radius 3 is 2.46 bits per heavy atom. The van der Waals surface area contributed by atoms with Crippen molar-refractivity contribution in [2.75, 3.05) is 19.5 Å². The van der Waals surface area contributed by atoms with E-state index in [0.29, 0.717) is 17.0 Å². The van der Waals surface area contributed by atoms with Gasteiger partial charge in [-0.15, -0.1) is 0 Å². The Kier molecular flexibility index (Phi) is 6.30. The molecule has 0 saturated heterocycles. The fourth-order valence-electron chi connectivity index (χ4n) is 1.95. The standard InChI is InChI=1S/C17H17NO6/c1-21-16(19)13-8-12(11-23-22-2)9-14(10-13)18-17(20)24-15-6-4-3-5-7-15/h3-10H,11H2,1-2H3,(H,18,20). The van der Waals surface area contributed by atoms with Crippen molar-refractivity contribution >= 4 is 17.7 Å². The molecule has 2 aromatic rings. The van der Waals surface area contributed by atoms with Crippen LogP contribution in [0.5, 0.6) is 5.75 Å². The maximum absolute atomic E-state index is 12.0. The van der Waals surface area contributed by atoms with E-state index in [9.17, 15) is 9.59 Å². The number of ether oxygens (including phenoxy) is 2. The van der Waals surface area contributed by atoms with Gasteiger partial charge in [-0.25, -0.2) is 19.4 Å². The number of anilines is 1. The van der Waals surface area contributed by atoms with Gasteiger partial charge in [0.05, 0.1) is 19.8 Å². The van der Waals surface area contributed by atoms with Crippen molar-refractivity contribution in [3.8, 4) is 5.75 Å². The van der Waals surface area contributed by atoms with Crippen LogP contribution in [0.2, 0.25) is 0 Å². The van der Waals surface area contributed by atoms with Crippen LogP contribution in [-0.2, 0) is 21.1 Å². The van der Waals surface area contributed by atoms with Crippen LogP contribution in [0.25, 0.3) is 0 Å². The minimum absolute atomic E-state index is 0.101. The monoisotopic (exact) mass is 331 g/mol. The van der Waals surface area contributed by atoms with E-state index in [0.717, 1.165) is 0 Å². The van der Waals surface area contributed by atoms with Crippen LogP contribution in [0, 0.1) is 0 Å².